The zero-order chi connectivity index (χ0) is 46.2. The summed E-state index contributed by atoms with van der Waals surface area (Å²) in [6.07, 6.45) is 2.98. The zero-order valence-electron chi connectivity index (χ0n) is 40.4. The molecule has 6 aromatic rings. The van der Waals surface area contributed by atoms with Crippen LogP contribution in [0.25, 0.3) is 12.2 Å². The monoisotopic (exact) mass is 1060 g/mol. The smallest absolute Gasteiger partial charge is 0.746 e. The summed E-state index contributed by atoms with van der Waals surface area (Å²) in [6, 6.07) is 24.6. The molecule has 0 aliphatic rings. The molecule has 6 rings (SSSR count). The van der Waals surface area contributed by atoms with Crippen molar-refractivity contribution in [3.05, 3.63) is 102 Å². The molecule has 2 aromatic heterocycles. The molecule has 4 aromatic carbocycles. The van der Waals surface area contributed by atoms with E-state index in [4.69, 9.17) is 0 Å². The summed E-state index contributed by atoms with van der Waals surface area (Å²) in [4.78, 5) is 28.5. The number of nitrogens with zero attached hydrogens (tertiary/aromatic N) is 8. The van der Waals surface area contributed by atoms with Gasteiger partial charge >= 0.3 is 177 Å². The van der Waals surface area contributed by atoms with Crippen molar-refractivity contribution < 1.29 is 216 Å². The van der Waals surface area contributed by atoms with Crippen molar-refractivity contribution in [3.8, 4) is 0 Å². The maximum absolute atomic E-state index is 12.5. The Bertz CT molecular complexity index is 3040. The van der Waals surface area contributed by atoms with E-state index in [0.717, 1.165) is 24.3 Å². The Balaban J connectivity index is 0.00000793. The summed E-state index contributed by atoms with van der Waals surface area (Å²) in [5.74, 6) is 0.404. The molecule has 0 unspecified atom stereocenters. The molecular formula is C40H38N12Na6O9S3. The molecule has 0 aliphatic heterocycles. The topological polar surface area (TPSA) is 304 Å². The molecule has 21 nitrogen and oxygen atoms in total. The van der Waals surface area contributed by atoms with E-state index in [-0.39, 0.29) is 230 Å². The first-order chi connectivity index (χ1) is 30.4. The Labute approximate surface area is 540 Å². The van der Waals surface area contributed by atoms with Crippen LogP contribution >= 0.6 is 0 Å². The fourth-order valence-electron chi connectivity index (χ4n) is 5.92. The van der Waals surface area contributed by atoms with Crippen molar-refractivity contribution in [2.45, 2.75) is 42.4 Å². The minimum absolute atomic E-state index is 0. The molecule has 4 N–H and O–H groups in total. The Kier molecular flexibility index (Phi) is 30.9. The average molecular weight is 1060 g/mol. The van der Waals surface area contributed by atoms with Crippen LogP contribution in [0.15, 0.2) is 87.5 Å². The van der Waals surface area contributed by atoms with Crippen LogP contribution in [0.1, 0.15) is 38.8 Å². The number of aromatic nitrogens is 6. The molecule has 0 radical (unpaired) electrons. The van der Waals surface area contributed by atoms with Crippen LogP contribution in [0.3, 0.4) is 0 Å². The van der Waals surface area contributed by atoms with Crippen LogP contribution < -0.4 is 208 Å². The maximum Gasteiger partial charge on any atom is 1.00 e. The normalized spacial score (nSPS) is 10.9. The van der Waals surface area contributed by atoms with Gasteiger partial charge in [0.2, 0.25) is 35.7 Å². The number of nitrogens with one attached hydrogen (secondary N) is 4. The summed E-state index contributed by atoms with van der Waals surface area (Å²) < 4.78 is 108. The Morgan fingerprint density at radius 3 is 1.54 bits per heavy atom. The van der Waals surface area contributed by atoms with E-state index in [1.165, 1.54) is 36.4 Å². The van der Waals surface area contributed by atoms with Crippen LogP contribution in [0, 0.1) is 18.2 Å². The average Bonchev–Trinajstić information content (AvgIpc) is 3.24. The molecule has 0 aliphatic carbocycles. The number of hydrogen-bond donors (Lipinski definition) is 4. The van der Waals surface area contributed by atoms with Gasteiger partial charge in [0.1, 0.15) is 30.4 Å². The fraction of sp³-hybridized carbons (Fsp3) is 0.200. The Morgan fingerprint density at radius 1 is 0.529 bits per heavy atom. The van der Waals surface area contributed by atoms with Crippen LogP contribution in [-0.2, 0) is 30.4 Å². The molecular weight excluding hydrogens is 1030 g/mol. The first-order valence-corrected chi connectivity index (χ1v) is 23.4. The van der Waals surface area contributed by atoms with E-state index in [2.05, 4.69) is 69.4 Å². The van der Waals surface area contributed by atoms with E-state index < -0.39 is 45.0 Å². The molecule has 0 bridgehead atoms. The third-order valence-corrected chi connectivity index (χ3v) is 11.7. The van der Waals surface area contributed by atoms with Crippen molar-refractivity contribution in [3.63, 3.8) is 0 Å². The quantitative estimate of drug-likeness (QED) is 0.0253. The van der Waals surface area contributed by atoms with Gasteiger partial charge in [-0.25, -0.2) is 25.3 Å². The van der Waals surface area contributed by atoms with Gasteiger partial charge in [-0.2, -0.15) is 77.9 Å². The van der Waals surface area contributed by atoms with E-state index in [0.29, 0.717) is 43.4 Å². The molecule has 0 atom stereocenters. The zero-order valence-corrected chi connectivity index (χ0v) is 54.8. The van der Waals surface area contributed by atoms with Gasteiger partial charge in [0.05, 0.1) is 4.90 Å². The second kappa shape index (κ2) is 31.3. The molecule has 30 heteroatoms. The van der Waals surface area contributed by atoms with Gasteiger partial charge in [0.25, 0.3) is 0 Å². The largest absolute Gasteiger partial charge is 1.00 e. The molecule has 0 amide bonds. The predicted molar refractivity (Wildman–Crippen MR) is 235 cm³/mol. The van der Waals surface area contributed by atoms with Crippen molar-refractivity contribution in [1.29, 1.82) is 0 Å². The maximum atomic E-state index is 12.5. The third kappa shape index (κ3) is 19.7. The minimum atomic E-state index is -5.03. The summed E-state index contributed by atoms with van der Waals surface area (Å²) >= 11 is 0. The van der Waals surface area contributed by atoms with E-state index in [9.17, 15) is 38.9 Å². The standard InChI is InChI=1S/C40H41N12O9S3.6Na/c1-5-51(6-2)39-47-35(45-36(48-39)42-29-12-11-13-31(24-29)62(53,54)55)41-28-21-17-26(18-22-28)16-19-27-20-23-30(25-34(27)64(59,60)61)43-37-46-38(50-40(49-37)52(7-3)8-4)44-32-14-9-10-15-33(32)63(56,57)58;;;;;;/h10-11,13-17,19-25H,5-8H2,1-4H3,(H,53,54,55)(H,56,57,58)(H,59,60,61)(H2,41,42,45,47,48)(H2,43,44,46,49,50);;;;;;/q-3;6*+1/p-3/b19-16+;;;;;;. The van der Waals surface area contributed by atoms with Crippen molar-refractivity contribution in [2.24, 2.45) is 0 Å². The molecule has 0 saturated carbocycles. The summed E-state index contributed by atoms with van der Waals surface area (Å²) in [5.41, 5.74) is 1.20. The Hall–Kier alpha value is -0.830. The molecule has 0 spiro atoms. The summed E-state index contributed by atoms with van der Waals surface area (Å²) in [7, 11) is -14.6. The van der Waals surface area contributed by atoms with Gasteiger partial charge in [-0.3, -0.25) is 0 Å². The van der Waals surface area contributed by atoms with E-state index in [1.54, 1.807) is 29.2 Å². The van der Waals surface area contributed by atoms with Gasteiger partial charge in [0, 0.05) is 31.9 Å². The van der Waals surface area contributed by atoms with Crippen LogP contribution in [-0.4, -0.2) is 95.0 Å². The summed E-state index contributed by atoms with van der Waals surface area (Å²) in [5, 5.41) is 11.6. The second-order valence-corrected chi connectivity index (χ2v) is 17.3. The number of benzene rings is 4. The molecule has 0 fully saturated rings. The van der Waals surface area contributed by atoms with Gasteiger partial charge in [0.15, 0.2) is 0 Å². The first kappa shape index (κ1) is 69.2. The molecule has 0 saturated heterocycles. The number of anilines is 10. The van der Waals surface area contributed by atoms with Gasteiger partial charge < -0.3 is 44.7 Å². The SMILES string of the molecule is CCN(CC)c1nc(Nc2[c-]ccc(S(=O)(=O)[O-])c2)nc(Nc2c[c-]c(/C=C/c3ccc(Nc4nc(Nc5c[c-]ccc5S(=O)(=O)[O-])nc(N(CC)CC)n4)cc3S(=O)(=O)[O-])cc2)n1.[Na+].[Na+].[Na+].[Na+].[Na+].[Na+]. The van der Waals surface area contributed by atoms with E-state index >= 15 is 0 Å². The first-order valence-electron chi connectivity index (χ1n) is 19.2. The van der Waals surface area contributed by atoms with Crippen molar-refractivity contribution >= 4 is 101 Å². The molecule has 2 heterocycles. The number of hydrogen-bond acceptors (Lipinski definition) is 21. The fourth-order valence-corrected chi connectivity index (χ4v) is 7.72. The number of rotatable bonds is 19. The minimum Gasteiger partial charge on any atom is -0.746 e. The Morgan fingerprint density at radius 2 is 1.04 bits per heavy atom. The van der Waals surface area contributed by atoms with Crippen LogP contribution in [0.5, 0.6) is 0 Å². The molecule has 336 valence electrons. The summed E-state index contributed by atoms with van der Waals surface area (Å²) in [6.45, 7) is 9.62. The molecule has 70 heavy (non-hydrogen) atoms. The van der Waals surface area contributed by atoms with Crippen molar-refractivity contribution in [2.75, 3.05) is 57.2 Å². The predicted octanol–water partition coefficient (Wildman–Crippen LogP) is -13.0. The van der Waals surface area contributed by atoms with E-state index in [1.807, 2.05) is 32.6 Å². The third-order valence-electron chi connectivity index (χ3n) is 9.06. The van der Waals surface area contributed by atoms with Crippen molar-refractivity contribution in [1.82, 2.24) is 29.9 Å². The van der Waals surface area contributed by atoms with Gasteiger partial charge in [-0.05, 0) is 56.0 Å². The second-order valence-electron chi connectivity index (χ2n) is 13.3. The van der Waals surface area contributed by atoms with Gasteiger partial charge in [-0.15, -0.1) is 36.4 Å². The van der Waals surface area contributed by atoms with Gasteiger partial charge in [-0.1, -0.05) is 28.4 Å². The van der Waals surface area contributed by atoms with Crippen LogP contribution in [0.2, 0.25) is 0 Å². The van der Waals surface area contributed by atoms with Crippen LogP contribution in [0.4, 0.5) is 58.4 Å².